The van der Waals surface area contributed by atoms with E-state index in [4.69, 9.17) is 4.74 Å². The number of hydrogen-bond acceptors (Lipinski definition) is 4. The third kappa shape index (κ3) is 6.88. The molecule has 0 aliphatic heterocycles. The van der Waals surface area contributed by atoms with Crippen molar-refractivity contribution in [1.82, 2.24) is 15.5 Å². The quantitative estimate of drug-likeness (QED) is 0.629. The molecule has 0 spiro atoms. The van der Waals surface area contributed by atoms with Gasteiger partial charge >= 0.3 is 0 Å². The summed E-state index contributed by atoms with van der Waals surface area (Å²) in [6, 6.07) is 16.4. The van der Waals surface area contributed by atoms with Crippen LogP contribution in [0.15, 0.2) is 54.6 Å². The lowest BCUT2D eigenvalue weighted by Gasteiger charge is -2.27. The first-order chi connectivity index (χ1) is 14.3. The van der Waals surface area contributed by atoms with Gasteiger partial charge in [0.1, 0.15) is 11.8 Å². The molecule has 0 bridgehead atoms. The zero-order valence-corrected chi connectivity index (χ0v) is 18.5. The molecule has 2 rings (SSSR count). The molecule has 0 radical (unpaired) electrons. The van der Waals surface area contributed by atoms with Crippen LogP contribution in [0.2, 0.25) is 0 Å². The maximum atomic E-state index is 13.1. The summed E-state index contributed by atoms with van der Waals surface area (Å²) in [7, 11) is 5.58. The number of methoxy groups -OCH3 is 1. The summed E-state index contributed by atoms with van der Waals surface area (Å²) < 4.78 is 5.23. The fourth-order valence-corrected chi connectivity index (χ4v) is 3.26. The number of nitrogens with zero attached hydrogens (tertiary/aromatic N) is 1. The minimum atomic E-state index is -0.726. The van der Waals surface area contributed by atoms with Crippen molar-refractivity contribution in [3.63, 3.8) is 0 Å². The average molecular weight is 412 g/mol. The van der Waals surface area contributed by atoms with E-state index in [1.807, 2.05) is 82.5 Å². The Balaban J connectivity index is 2.13. The van der Waals surface area contributed by atoms with Crippen molar-refractivity contribution < 1.29 is 14.3 Å². The first kappa shape index (κ1) is 23.4. The van der Waals surface area contributed by atoms with Gasteiger partial charge in [-0.25, -0.2) is 0 Å². The van der Waals surface area contributed by atoms with E-state index >= 15 is 0 Å². The minimum Gasteiger partial charge on any atom is -0.497 e. The van der Waals surface area contributed by atoms with Gasteiger partial charge in [-0.05, 0) is 43.3 Å². The Morgan fingerprint density at radius 3 is 2.13 bits per heavy atom. The monoisotopic (exact) mass is 411 g/mol. The van der Waals surface area contributed by atoms with E-state index in [1.165, 1.54) is 0 Å². The molecule has 2 N–H and O–H groups in total. The van der Waals surface area contributed by atoms with Crippen LogP contribution < -0.4 is 15.4 Å². The molecule has 2 amide bonds. The lowest BCUT2D eigenvalue weighted by atomic mass is 10.0. The second-order valence-electron chi connectivity index (χ2n) is 8.01. The van der Waals surface area contributed by atoms with E-state index in [1.54, 1.807) is 7.11 Å². The molecule has 6 heteroatoms. The summed E-state index contributed by atoms with van der Waals surface area (Å²) in [5.41, 5.74) is 1.83. The second kappa shape index (κ2) is 11.4. The van der Waals surface area contributed by atoms with Gasteiger partial charge in [0.05, 0.1) is 13.2 Å². The predicted octanol–water partition coefficient (Wildman–Crippen LogP) is 3.32. The van der Waals surface area contributed by atoms with Crippen LogP contribution in [0.1, 0.15) is 43.5 Å². The average Bonchev–Trinajstić information content (AvgIpc) is 2.72. The normalized spacial score (nSPS) is 13.0. The molecule has 0 aromatic heterocycles. The number of rotatable bonds is 10. The van der Waals surface area contributed by atoms with Gasteiger partial charge in [-0.1, -0.05) is 56.3 Å². The highest BCUT2D eigenvalue weighted by Gasteiger charge is 2.24. The molecule has 2 aromatic rings. The molecule has 162 valence electrons. The standard InChI is InChI=1S/C24H33N3O3/c1-17(2)15-22(28)26-23(19-9-7-6-8-10-19)24(29)25-16-21(27(3)4)18-11-13-20(30-5)14-12-18/h6-14,17,21,23H,15-16H2,1-5H3,(H,25,29)(H,26,28). The lowest BCUT2D eigenvalue weighted by Crippen LogP contribution is -2.43. The van der Waals surface area contributed by atoms with Crippen LogP contribution in [-0.2, 0) is 9.59 Å². The fourth-order valence-electron chi connectivity index (χ4n) is 3.26. The third-order valence-corrected chi connectivity index (χ3v) is 4.89. The van der Waals surface area contributed by atoms with Crippen LogP contribution in [0.5, 0.6) is 5.75 Å². The van der Waals surface area contributed by atoms with Gasteiger partial charge in [0.2, 0.25) is 11.8 Å². The third-order valence-electron chi connectivity index (χ3n) is 4.89. The molecule has 30 heavy (non-hydrogen) atoms. The van der Waals surface area contributed by atoms with E-state index in [-0.39, 0.29) is 23.8 Å². The largest absolute Gasteiger partial charge is 0.497 e. The molecule has 2 aromatic carbocycles. The van der Waals surface area contributed by atoms with Crippen LogP contribution in [0.25, 0.3) is 0 Å². The number of nitrogens with one attached hydrogen (secondary N) is 2. The highest BCUT2D eigenvalue weighted by atomic mass is 16.5. The summed E-state index contributed by atoms with van der Waals surface area (Å²) in [6.45, 7) is 4.38. The van der Waals surface area contributed by atoms with Crippen LogP contribution in [0, 0.1) is 5.92 Å². The highest BCUT2D eigenvalue weighted by Crippen LogP contribution is 2.21. The first-order valence-electron chi connectivity index (χ1n) is 10.2. The molecule has 6 nitrogen and oxygen atoms in total. The fraction of sp³-hybridized carbons (Fsp3) is 0.417. The number of likely N-dealkylation sites (N-methyl/N-ethyl adjacent to an activating group) is 1. The Bertz CT molecular complexity index is 804. The van der Waals surface area contributed by atoms with Crippen LogP contribution in [-0.4, -0.2) is 44.5 Å². The molecule has 0 saturated heterocycles. The molecule has 0 saturated carbocycles. The summed E-state index contributed by atoms with van der Waals surface area (Å²) >= 11 is 0. The molecular weight excluding hydrogens is 378 g/mol. The van der Waals surface area contributed by atoms with Crippen LogP contribution in [0.3, 0.4) is 0 Å². The smallest absolute Gasteiger partial charge is 0.247 e. The van der Waals surface area contributed by atoms with Gasteiger partial charge in [0.25, 0.3) is 0 Å². The van der Waals surface area contributed by atoms with E-state index in [9.17, 15) is 9.59 Å². The topological polar surface area (TPSA) is 70.7 Å². The second-order valence-corrected chi connectivity index (χ2v) is 8.01. The summed E-state index contributed by atoms with van der Waals surface area (Å²) in [5.74, 6) is 0.655. The molecule has 0 heterocycles. The van der Waals surface area contributed by atoms with E-state index in [0.29, 0.717) is 13.0 Å². The Kier molecular flexibility index (Phi) is 8.87. The van der Waals surface area contributed by atoms with Gasteiger partial charge in [0, 0.05) is 13.0 Å². The van der Waals surface area contributed by atoms with Gasteiger partial charge in [-0.3, -0.25) is 9.59 Å². The number of amides is 2. The number of hydrogen-bond donors (Lipinski definition) is 2. The van der Waals surface area contributed by atoms with Crippen LogP contribution in [0.4, 0.5) is 0 Å². The van der Waals surface area contributed by atoms with Crippen molar-refractivity contribution in [3.05, 3.63) is 65.7 Å². The molecule has 0 aliphatic rings. The highest BCUT2D eigenvalue weighted by molar-refractivity contribution is 5.88. The molecule has 2 atom stereocenters. The first-order valence-corrected chi connectivity index (χ1v) is 10.2. The van der Waals surface area contributed by atoms with E-state index in [0.717, 1.165) is 16.9 Å². The van der Waals surface area contributed by atoms with Crippen LogP contribution >= 0.6 is 0 Å². The number of benzene rings is 2. The number of carbonyl (C=O) groups excluding carboxylic acids is 2. The van der Waals surface area contributed by atoms with Crippen molar-refractivity contribution in [2.45, 2.75) is 32.4 Å². The predicted molar refractivity (Wildman–Crippen MR) is 119 cm³/mol. The number of carbonyl (C=O) groups is 2. The van der Waals surface area contributed by atoms with Crippen molar-refractivity contribution in [2.75, 3.05) is 27.7 Å². The maximum Gasteiger partial charge on any atom is 0.247 e. The molecule has 0 aliphatic carbocycles. The Morgan fingerprint density at radius 2 is 1.60 bits per heavy atom. The Hall–Kier alpha value is -2.86. The SMILES string of the molecule is COc1ccc(C(CNC(=O)C(NC(=O)CC(C)C)c2ccccc2)N(C)C)cc1. The van der Waals surface area contributed by atoms with Gasteiger partial charge in [0.15, 0.2) is 0 Å². The molecule has 2 unspecified atom stereocenters. The minimum absolute atomic E-state index is 0.0114. The van der Waals surface area contributed by atoms with Gasteiger partial charge in [-0.15, -0.1) is 0 Å². The summed E-state index contributed by atoms with van der Waals surface area (Å²) in [6.07, 6.45) is 0.378. The molecule has 0 fully saturated rings. The Labute approximate surface area is 179 Å². The van der Waals surface area contributed by atoms with Gasteiger partial charge < -0.3 is 20.3 Å². The van der Waals surface area contributed by atoms with Crippen molar-refractivity contribution in [2.24, 2.45) is 5.92 Å². The Morgan fingerprint density at radius 1 is 0.967 bits per heavy atom. The van der Waals surface area contributed by atoms with Crippen molar-refractivity contribution in [1.29, 1.82) is 0 Å². The number of ether oxygens (including phenoxy) is 1. The maximum absolute atomic E-state index is 13.1. The van der Waals surface area contributed by atoms with Gasteiger partial charge in [-0.2, -0.15) is 0 Å². The van der Waals surface area contributed by atoms with E-state index in [2.05, 4.69) is 15.5 Å². The van der Waals surface area contributed by atoms with Crippen molar-refractivity contribution >= 4 is 11.8 Å². The molecular formula is C24H33N3O3. The zero-order valence-electron chi connectivity index (χ0n) is 18.5. The van der Waals surface area contributed by atoms with Crippen molar-refractivity contribution in [3.8, 4) is 5.75 Å². The summed E-state index contributed by atoms with van der Waals surface area (Å²) in [4.78, 5) is 27.5. The lowest BCUT2D eigenvalue weighted by molar-refractivity contribution is -0.129. The van der Waals surface area contributed by atoms with E-state index < -0.39 is 6.04 Å². The zero-order chi connectivity index (χ0) is 22.1. The summed E-state index contributed by atoms with van der Waals surface area (Å²) in [5, 5.41) is 5.91.